The number of carbonyl (C=O) groups is 1. The third-order valence-electron chi connectivity index (χ3n) is 8.56. The molecule has 2 nitrogen and oxygen atoms in total. The van der Waals surface area contributed by atoms with Crippen LogP contribution in [0.15, 0.2) is 0 Å². The van der Waals surface area contributed by atoms with E-state index >= 15 is 0 Å². The summed E-state index contributed by atoms with van der Waals surface area (Å²) >= 11 is 0. The predicted molar refractivity (Wildman–Crippen MR) is 85.8 cm³/mol. The molecule has 0 aromatic heterocycles. The van der Waals surface area contributed by atoms with Crippen LogP contribution in [0, 0.1) is 51.8 Å². The molecule has 0 spiro atoms. The average Bonchev–Trinajstić information content (AvgIpc) is 2.82. The number of Topliss-reactive ketones (excluding diaryl/α,β-unsaturated/α-hetero) is 1. The van der Waals surface area contributed by atoms with Crippen molar-refractivity contribution < 1.29 is 4.79 Å². The molecule has 0 bridgehead atoms. The fourth-order valence-corrected chi connectivity index (χ4v) is 7.15. The van der Waals surface area contributed by atoms with Crippen LogP contribution in [0.4, 0.5) is 0 Å². The van der Waals surface area contributed by atoms with Gasteiger partial charge in [-0.2, -0.15) is 5.26 Å². The van der Waals surface area contributed by atoms with E-state index in [1.54, 1.807) is 0 Å². The predicted octanol–water partition coefficient (Wildman–Crippen LogP) is 4.74. The summed E-state index contributed by atoms with van der Waals surface area (Å²) < 4.78 is 0. The zero-order valence-corrected chi connectivity index (χ0v) is 14.1. The Morgan fingerprint density at radius 2 is 1.86 bits per heavy atom. The van der Waals surface area contributed by atoms with E-state index in [1.165, 1.54) is 25.7 Å². The molecule has 4 aliphatic carbocycles. The fourth-order valence-electron chi connectivity index (χ4n) is 7.15. The number of nitrogens with zero attached hydrogens (tertiary/aromatic N) is 1. The van der Waals surface area contributed by atoms with Crippen LogP contribution in [0.25, 0.3) is 0 Å². The van der Waals surface area contributed by atoms with Gasteiger partial charge in [-0.15, -0.1) is 0 Å². The molecular weight excluding hydrogens is 270 g/mol. The highest BCUT2D eigenvalue weighted by Gasteiger charge is 2.60. The first-order valence-corrected chi connectivity index (χ1v) is 9.42. The molecule has 4 saturated carbocycles. The lowest BCUT2D eigenvalue weighted by molar-refractivity contribution is -0.139. The lowest BCUT2D eigenvalue weighted by Crippen LogP contribution is -2.53. The van der Waals surface area contributed by atoms with Gasteiger partial charge in [0.15, 0.2) is 0 Å². The van der Waals surface area contributed by atoms with Crippen LogP contribution in [0.5, 0.6) is 0 Å². The van der Waals surface area contributed by atoms with Gasteiger partial charge < -0.3 is 0 Å². The van der Waals surface area contributed by atoms with Gasteiger partial charge in [0.05, 0.1) is 6.07 Å². The molecule has 4 aliphatic rings. The summed E-state index contributed by atoms with van der Waals surface area (Å²) in [6.07, 6.45) is 10.5. The van der Waals surface area contributed by atoms with Crippen molar-refractivity contribution in [3.63, 3.8) is 0 Å². The van der Waals surface area contributed by atoms with Gasteiger partial charge in [-0.3, -0.25) is 4.79 Å². The highest BCUT2D eigenvalue weighted by Crippen LogP contribution is 2.65. The SMILES string of the molecule is C[C@]12CC[C@@H](C#N)C[C@@H]1CC[C@H]1[C@H]3CCC(=O)[C@]3(C)CC[C@@H]12. The van der Waals surface area contributed by atoms with E-state index in [2.05, 4.69) is 19.9 Å². The van der Waals surface area contributed by atoms with Crippen LogP contribution in [0.3, 0.4) is 0 Å². The number of fused-ring (bicyclic) bond motifs is 5. The highest BCUT2D eigenvalue weighted by molar-refractivity contribution is 5.87. The minimum atomic E-state index is 0.00815. The van der Waals surface area contributed by atoms with Crippen LogP contribution in [-0.2, 0) is 4.79 Å². The third kappa shape index (κ3) is 1.81. The lowest BCUT2D eigenvalue weighted by Gasteiger charge is -2.60. The van der Waals surface area contributed by atoms with Crippen molar-refractivity contribution in [1.82, 2.24) is 0 Å². The average molecular weight is 299 g/mol. The molecule has 0 aromatic rings. The number of hydrogen-bond donors (Lipinski definition) is 0. The number of nitriles is 1. The van der Waals surface area contributed by atoms with E-state index in [0.29, 0.717) is 23.0 Å². The van der Waals surface area contributed by atoms with E-state index in [4.69, 9.17) is 0 Å². The van der Waals surface area contributed by atoms with E-state index in [-0.39, 0.29) is 5.41 Å². The van der Waals surface area contributed by atoms with Gasteiger partial charge in [0.25, 0.3) is 0 Å². The minimum Gasteiger partial charge on any atom is -0.299 e. The number of hydrogen-bond acceptors (Lipinski definition) is 2. The zero-order chi connectivity index (χ0) is 15.5. The van der Waals surface area contributed by atoms with Gasteiger partial charge in [-0.25, -0.2) is 0 Å². The summed E-state index contributed by atoms with van der Waals surface area (Å²) in [6.45, 7) is 4.80. The second kappa shape index (κ2) is 4.83. The Morgan fingerprint density at radius 1 is 1.05 bits per heavy atom. The lowest BCUT2D eigenvalue weighted by atomic mass is 9.45. The second-order valence-corrected chi connectivity index (χ2v) is 9.18. The number of carbonyl (C=O) groups excluding carboxylic acids is 1. The van der Waals surface area contributed by atoms with Crippen LogP contribution >= 0.6 is 0 Å². The van der Waals surface area contributed by atoms with Crippen molar-refractivity contribution in [3.8, 4) is 6.07 Å². The Bertz CT molecular complexity index is 534. The van der Waals surface area contributed by atoms with Crippen molar-refractivity contribution >= 4 is 5.78 Å². The Labute approximate surface area is 134 Å². The maximum absolute atomic E-state index is 12.4. The quantitative estimate of drug-likeness (QED) is 0.648. The minimum absolute atomic E-state index is 0.00815. The standard InChI is InChI=1S/C20H29NO/c1-19-9-7-13(12-21)11-14(19)3-4-15-16-5-6-18(22)20(16,2)10-8-17(15)19/h13-17H,3-11H2,1-2H3/t13-,14+,15+,16-,17+,19+,20-/m1/s1. The van der Waals surface area contributed by atoms with Crippen molar-refractivity contribution in [3.05, 3.63) is 0 Å². The third-order valence-corrected chi connectivity index (χ3v) is 8.56. The van der Waals surface area contributed by atoms with Gasteiger partial charge in [0, 0.05) is 17.8 Å². The summed E-state index contributed by atoms with van der Waals surface area (Å²) in [5, 5.41) is 9.30. The first-order valence-electron chi connectivity index (χ1n) is 9.42. The summed E-state index contributed by atoms with van der Waals surface area (Å²) in [5.74, 6) is 3.87. The van der Waals surface area contributed by atoms with Crippen molar-refractivity contribution in [1.29, 1.82) is 5.26 Å². The van der Waals surface area contributed by atoms with Gasteiger partial charge >= 0.3 is 0 Å². The number of rotatable bonds is 0. The molecule has 0 N–H and O–H groups in total. The van der Waals surface area contributed by atoms with Gasteiger partial charge in [0.2, 0.25) is 0 Å². The molecule has 7 atom stereocenters. The maximum atomic E-state index is 12.4. The summed E-state index contributed by atoms with van der Waals surface area (Å²) in [5.41, 5.74) is 0.456. The van der Waals surface area contributed by atoms with Crippen molar-refractivity contribution in [2.24, 2.45) is 40.4 Å². The summed E-state index contributed by atoms with van der Waals surface area (Å²) in [4.78, 5) is 12.4. The Morgan fingerprint density at radius 3 is 2.64 bits per heavy atom. The molecule has 0 heterocycles. The molecule has 0 saturated heterocycles. The first kappa shape index (κ1) is 14.7. The van der Waals surface area contributed by atoms with Gasteiger partial charge in [0.1, 0.15) is 5.78 Å². The normalized spacial score (nSPS) is 54.0. The van der Waals surface area contributed by atoms with E-state index < -0.39 is 0 Å². The molecule has 4 fully saturated rings. The zero-order valence-electron chi connectivity index (χ0n) is 14.1. The topological polar surface area (TPSA) is 40.9 Å². The molecule has 0 radical (unpaired) electrons. The van der Waals surface area contributed by atoms with Gasteiger partial charge in [-0.05, 0) is 80.5 Å². The fraction of sp³-hybridized carbons (Fsp3) is 0.900. The second-order valence-electron chi connectivity index (χ2n) is 9.18. The molecule has 0 amide bonds. The highest BCUT2D eigenvalue weighted by atomic mass is 16.1. The smallest absolute Gasteiger partial charge is 0.139 e. The Kier molecular flexibility index (Phi) is 3.23. The van der Waals surface area contributed by atoms with Crippen molar-refractivity contribution in [2.45, 2.75) is 71.6 Å². The van der Waals surface area contributed by atoms with Crippen LogP contribution in [0.1, 0.15) is 71.6 Å². The molecule has 0 unspecified atom stereocenters. The van der Waals surface area contributed by atoms with Gasteiger partial charge in [-0.1, -0.05) is 13.8 Å². The molecule has 4 rings (SSSR count). The molecular formula is C20H29NO. The molecule has 22 heavy (non-hydrogen) atoms. The molecule has 120 valence electrons. The molecule has 0 aliphatic heterocycles. The molecule has 0 aromatic carbocycles. The van der Waals surface area contributed by atoms with Crippen LogP contribution < -0.4 is 0 Å². The Balaban J connectivity index is 1.62. The van der Waals surface area contributed by atoms with E-state index in [9.17, 15) is 10.1 Å². The van der Waals surface area contributed by atoms with E-state index in [1.807, 2.05) is 0 Å². The van der Waals surface area contributed by atoms with Crippen LogP contribution in [-0.4, -0.2) is 5.78 Å². The maximum Gasteiger partial charge on any atom is 0.139 e. The molecule has 2 heteroatoms. The van der Waals surface area contributed by atoms with E-state index in [0.717, 1.165) is 49.9 Å². The van der Waals surface area contributed by atoms with Crippen molar-refractivity contribution in [2.75, 3.05) is 0 Å². The van der Waals surface area contributed by atoms with Crippen LogP contribution in [0.2, 0.25) is 0 Å². The first-order chi connectivity index (χ1) is 10.5. The summed E-state index contributed by atoms with van der Waals surface area (Å²) in [6, 6.07) is 2.53. The monoisotopic (exact) mass is 299 g/mol. The summed E-state index contributed by atoms with van der Waals surface area (Å²) in [7, 11) is 0. The largest absolute Gasteiger partial charge is 0.299 e. The Hall–Kier alpha value is -0.840. The number of ketones is 1.